The molecule has 1 atom stereocenters. The maximum absolute atomic E-state index is 6.67. The maximum Gasteiger partial charge on any atom is 0.0765 e. The number of alkyl halides is 1. The molecule has 2 aromatic rings. The van der Waals surface area contributed by atoms with Gasteiger partial charge in [-0.15, -0.1) is 11.6 Å². The highest BCUT2D eigenvalue weighted by Crippen LogP contribution is 2.30. The number of nitrogens with zero attached hydrogens (tertiary/aromatic N) is 1. The van der Waals surface area contributed by atoms with E-state index in [1.54, 1.807) is 0 Å². The Morgan fingerprint density at radius 1 is 1.00 bits per heavy atom. The molecule has 1 unspecified atom stereocenters. The largest absolute Gasteiger partial charge is 0.373 e. The van der Waals surface area contributed by atoms with Gasteiger partial charge in [0.05, 0.1) is 5.38 Å². The highest BCUT2D eigenvalue weighted by Gasteiger charge is 2.16. The van der Waals surface area contributed by atoms with Crippen molar-refractivity contribution in [1.82, 2.24) is 0 Å². The van der Waals surface area contributed by atoms with E-state index >= 15 is 0 Å². The van der Waals surface area contributed by atoms with Crippen LogP contribution >= 0.6 is 11.6 Å². The third-order valence-electron chi connectivity index (χ3n) is 3.68. The number of rotatable bonds is 4. The summed E-state index contributed by atoms with van der Waals surface area (Å²) < 4.78 is 0. The van der Waals surface area contributed by atoms with Crippen molar-refractivity contribution < 1.29 is 0 Å². The van der Waals surface area contributed by atoms with Crippen LogP contribution < -0.4 is 4.90 Å². The average Bonchev–Trinajstić information content (AvgIpc) is 2.38. The van der Waals surface area contributed by atoms with Crippen molar-refractivity contribution in [3.63, 3.8) is 0 Å². The van der Waals surface area contributed by atoms with Crippen molar-refractivity contribution in [2.24, 2.45) is 0 Å². The zero-order valence-electron chi connectivity index (χ0n) is 12.7. The van der Waals surface area contributed by atoms with Crippen LogP contribution in [0.1, 0.15) is 27.6 Å². The first-order valence-corrected chi connectivity index (χ1v) is 7.40. The molecule has 0 aliphatic heterocycles. The van der Waals surface area contributed by atoms with Gasteiger partial charge in [-0.25, -0.2) is 0 Å². The molecule has 0 amide bonds. The maximum atomic E-state index is 6.67. The summed E-state index contributed by atoms with van der Waals surface area (Å²) in [6.45, 7) is 7.22. The molecule has 0 radical (unpaired) electrons. The first kappa shape index (κ1) is 14.9. The summed E-state index contributed by atoms with van der Waals surface area (Å²) in [4.78, 5) is 2.20. The number of likely N-dealkylation sites (N-methyl/N-ethyl adjacent to an activating group) is 1. The van der Waals surface area contributed by atoms with E-state index in [9.17, 15) is 0 Å². The predicted octanol–water partition coefficient (Wildman–Crippen LogP) is 5.03. The number of para-hydroxylation sites is 1. The van der Waals surface area contributed by atoms with E-state index in [0.29, 0.717) is 0 Å². The van der Waals surface area contributed by atoms with E-state index < -0.39 is 0 Å². The van der Waals surface area contributed by atoms with Crippen LogP contribution in [0.4, 0.5) is 5.69 Å². The number of aryl methyl sites for hydroxylation is 3. The summed E-state index contributed by atoms with van der Waals surface area (Å²) in [7, 11) is 2.09. The van der Waals surface area contributed by atoms with Gasteiger partial charge in [0.2, 0.25) is 0 Å². The van der Waals surface area contributed by atoms with Gasteiger partial charge in [0.1, 0.15) is 0 Å². The van der Waals surface area contributed by atoms with Gasteiger partial charge in [0, 0.05) is 19.3 Å². The molecule has 0 spiro atoms. The van der Waals surface area contributed by atoms with Gasteiger partial charge in [-0.2, -0.15) is 0 Å². The van der Waals surface area contributed by atoms with Crippen LogP contribution in [0.15, 0.2) is 42.5 Å². The topological polar surface area (TPSA) is 3.24 Å². The molecule has 0 fully saturated rings. The third kappa shape index (κ3) is 3.34. The van der Waals surface area contributed by atoms with Gasteiger partial charge in [0.25, 0.3) is 0 Å². The molecular formula is C18H22ClN. The number of hydrogen-bond acceptors (Lipinski definition) is 1. The minimum atomic E-state index is 0.000746. The molecule has 0 saturated heterocycles. The molecule has 1 nitrogen and oxygen atoms in total. The smallest absolute Gasteiger partial charge is 0.0765 e. The lowest BCUT2D eigenvalue weighted by Gasteiger charge is -2.24. The summed E-state index contributed by atoms with van der Waals surface area (Å²) in [6.07, 6.45) is 0. The van der Waals surface area contributed by atoms with E-state index in [-0.39, 0.29) is 5.38 Å². The lowest BCUT2D eigenvalue weighted by atomic mass is 9.97. The zero-order valence-corrected chi connectivity index (χ0v) is 13.4. The standard InChI is InChI=1S/C18H22ClN/c1-13-10-14(2)18(15(3)11-13)17(19)12-20(4)16-8-6-5-7-9-16/h5-11,17H,12H2,1-4H3. The van der Waals surface area contributed by atoms with Crippen molar-refractivity contribution in [2.75, 3.05) is 18.5 Å². The van der Waals surface area contributed by atoms with E-state index in [4.69, 9.17) is 11.6 Å². The molecule has 0 aliphatic rings. The Labute approximate surface area is 127 Å². The second kappa shape index (κ2) is 6.32. The van der Waals surface area contributed by atoms with Gasteiger partial charge in [-0.3, -0.25) is 0 Å². The van der Waals surface area contributed by atoms with Crippen LogP contribution in [0.3, 0.4) is 0 Å². The quantitative estimate of drug-likeness (QED) is 0.713. The molecule has 0 aliphatic carbocycles. The van der Waals surface area contributed by atoms with Crippen LogP contribution in [-0.2, 0) is 0 Å². The van der Waals surface area contributed by atoms with Crippen LogP contribution in [0.25, 0.3) is 0 Å². The predicted molar refractivity (Wildman–Crippen MR) is 89.0 cm³/mol. The van der Waals surface area contributed by atoms with Gasteiger partial charge in [-0.1, -0.05) is 35.9 Å². The molecule has 2 aromatic carbocycles. The summed E-state index contributed by atoms with van der Waals surface area (Å²) in [5.41, 5.74) is 6.32. The first-order chi connectivity index (χ1) is 9.49. The van der Waals surface area contributed by atoms with Gasteiger partial charge >= 0.3 is 0 Å². The van der Waals surface area contributed by atoms with Crippen molar-refractivity contribution >= 4 is 17.3 Å². The van der Waals surface area contributed by atoms with Crippen LogP contribution in [0, 0.1) is 20.8 Å². The average molecular weight is 288 g/mol. The molecule has 0 N–H and O–H groups in total. The summed E-state index contributed by atoms with van der Waals surface area (Å²) in [6, 6.07) is 14.8. The number of halogens is 1. The van der Waals surface area contributed by atoms with E-state index in [0.717, 1.165) is 6.54 Å². The fourth-order valence-corrected chi connectivity index (χ4v) is 3.36. The van der Waals surface area contributed by atoms with E-state index in [1.807, 2.05) is 6.07 Å². The molecule has 0 heterocycles. The monoisotopic (exact) mass is 287 g/mol. The Hall–Kier alpha value is -1.47. The minimum Gasteiger partial charge on any atom is -0.373 e. The number of anilines is 1. The summed E-state index contributed by atoms with van der Waals surface area (Å²) in [5.74, 6) is 0. The molecule has 0 saturated carbocycles. The number of hydrogen-bond donors (Lipinski definition) is 0. The summed E-state index contributed by atoms with van der Waals surface area (Å²) in [5, 5.41) is 0.000746. The lowest BCUT2D eigenvalue weighted by molar-refractivity contribution is 0.839. The second-order valence-electron chi connectivity index (χ2n) is 5.50. The van der Waals surface area contributed by atoms with Crippen LogP contribution in [-0.4, -0.2) is 13.6 Å². The van der Waals surface area contributed by atoms with Gasteiger partial charge < -0.3 is 4.90 Å². The fourth-order valence-electron chi connectivity index (χ4n) is 2.80. The Morgan fingerprint density at radius 3 is 2.10 bits per heavy atom. The first-order valence-electron chi connectivity index (χ1n) is 6.97. The number of benzene rings is 2. The lowest BCUT2D eigenvalue weighted by Crippen LogP contribution is -2.22. The van der Waals surface area contributed by atoms with Crippen LogP contribution in [0.5, 0.6) is 0 Å². The highest BCUT2D eigenvalue weighted by molar-refractivity contribution is 6.21. The second-order valence-corrected chi connectivity index (χ2v) is 6.02. The van der Waals surface area contributed by atoms with Crippen molar-refractivity contribution in [3.8, 4) is 0 Å². The van der Waals surface area contributed by atoms with Crippen molar-refractivity contribution in [3.05, 3.63) is 64.7 Å². The van der Waals surface area contributed by atoms with Gasteiger partial charge in [0.15, 0.2) is 0 Å². The molecule has 2 rings (SSSR count). The normalized spacial score (nSPS) is 12.2. The molecule has 0 aromatic heterocycles. The van der Waals surface area contributed by atoms with Crippen molar-refractivity contribution in [1.29, 1.82) is 0 Å². The molecular weight excluding hydrogens is 266 g/mol. The van der Waals surface area contributed by atoms with Crippen molar-refractivity contribution in [2.45, 2.75) is 26.1 Å². The minimum absolute atomic E-state index is 0.000746. The zero-order chi connectivity index (χ0) is 14.7. The highest BCUT2D eigenvalue weighted by atomic mass is 35.5. The molecule has 0 bridgehead atoms. The summed E-state index contributed by atoms with van der Waals surface area (Å²) >= 11 is 6.67. The molecule has 106 valence electrons. The Morgan fingerprint density at radius 2 is 1.55 bits per heavy atom. The van der Waals surface area contributed by atoms with E-state index in [2.05, 4.69) is 69.1 Å². The molecule has 2 heteroatoms. The van der Waals surface area contributed by atoms with E-state index in [1.165, 1.54) is 27.9 Å². The Kier molecular flexibility index (Phi) is 4.72. The molecule has 20 heavy (non-hydrogen) atoms. The van der Waals surface area contributed by atoms with Gasteiger partial charge in [-0.05, 0) is 49.6 Å². The fraction of sp³-hybridized carbons (Fsp3) is 0.333. The Bertz CT molecular complexity index is 554. The Balaban J connectivity index is 2.19. The third-order valence-corrected chi connectivity index (χ3v) is 4.04. The SMILES string of the molecule is Cc1cc(C)c(C(Cl)CN(C)c2ccccc2)c(C)c1. The van der Waals surface area contributed by atoms with Crippen LogP contribution in [0.2, 0.25) is 0 Å².